The van der Waals surface area contributed by atoms with Crippen LogP contribution in [0.5, 0.6) is 5.75 Å². The monoisotopic (exact) mass is 373 g/mol. The molecule has 144 valence electrons. The van der Waals surface area contributed by atoms with E-state index in [2.05, 4.69) is 5.32 Å². The fourth-order valence-electron chi connectivity index (χ4n) is 3.27. The van der Waals surface area contributed by atoms with Gasteiger partial charge in [-0.15, -0.1) is 0 Å². The predicted molar refractivity (Wildman–Crippen MR) is 99.2 cm³/mol. The van der Waals surface area contributed by atoms with Gasteiger partial charge >= 0.3 is 11.6 Å². The Kier molecular flexibility index (Phi) is 4.95. The lowest BCUT2D eigenvalue weighted by Gasteiger charge is -2.32. The number of aryl methyl sites for hydroxylation is 2. The molecule has 1 aliphatic heterocycles. The Bertz CT molecular complexity index is 973. The summed E-state index contributed by atoms with van der Waals surface area (Å²) in [5.74, 6) is -0.679. The molecule has 0 spiro atoms. The van der Waals surface area contributed by atoms with E-state index in [9.17, 15) is 14.4 Å². The number of ether oxygens (including phenoxy) is 1. The number of carboxylic acid groups (broad SMARTS) is 1. The second-order valence-corrected chi connectivity index (χ2v) is 7.48. The molecule has 0 unspecified atom stereocenters. The smallest absolute Gasteiger partial charge is 0.340 e. The van der Waals surface area contributed by atoms with Crippen molar-refractivity contribution in [2.75, 3.05) is 6.54 Å². The van der Waals surface area contributed by atoms with Crippen molar-refractivity contribution >= 4 is 22.8 Å². The number of fused-ring (bicyclic) bond motifs is 2. The Morgan fingerprint density at radius 2 is 2.04 bits per heavy atom. The van der Waals surface area contributed by atoms with E-state index in [1.165, 1.54) is 0 Å². The average molecular weight is 373 g/mol. The SMILES string of the molecule is Cc1c(CC(=O)NCCC(=O)O)c(=O)oc2cc3c(cc12)CCC(C)(C)O3. The molecular weight excluding hydrogens is 350 g/mol. The van der Waals surface area contributed by atoms with E-state index in [1.807, 2.05) is 19.9 Å². The molecule has 1 amide bonds. The Morgan fingerprint density at radius 1 is 1.30 bits per heavy atom. The van der Waals surface area contributed by atoms with Crippen LogP contribution in [-0.2, 0) is 22.4 Å². The normalized spacial score (nSPS) is 15.1. The first-order valence-electron chi connectivity index (χ1n) is 8.93. The van der Waals surface area contributed by atoms with Gasteiger partial charge in [0.2, 0.25) is 5.91 Å². The fourth-order valence-corrected chi connectivity index (χ4v) is 3.27. The second-order valence-electron chi connectivity index (χ2n) is 7.48. The largest absolute Gasteiger partial charge is 0.487 e. The minimum atomic E-state index is -0.994. The molecule has 2 heterocycles. The molecule has 0 saturated carbocycles. The molecule has 0 saturated heterocycles. The highest BCUT2D eigenvalue weighted by atomic mass is 16.5. The average Bonchev–Trinajstić information content (AvgIpc) is 2.56. The van der Waals surface area contributed by atoms with E-state index in [1.54, 1.807) is 13.0 Å². The molecule has 1 aliphatic rings. The first-order chi connectivity index (χ1) is 12.7. The van der Waals surface area contributed by atoms with Crippen LogP contribution < -0.4 is 15.7 Å². The summed E-state index contributed by atoms with van der Waals surface area (Å²) in [7, 11) is 0. The van der Waals surface area contributed by atoms with E-state index in [4.69, 9.17) is 14.3 Å². The van der Waals surface area contributed by atoms with Gasteiger partial charge in [-0.1, -0.05) is 0 Å². The van der Waals surface area contributed by atoms with Crippen LogP contribution in [-0.4, -0.2) is 29.1 Å². The number of nitrogens with one attached hydrogen (secondary N) is 1. The van der Waals surface area contributed by atoms with Crippen LogP contribution in [0.1, 0.15) is 43.4 Å². The molecule has 7 nitrogen and oxygen atoms in total. The van der Waals surface area contributed by atoms with E-state index in [-0.39, 0.29) is 30.6 Å². The lowest BCUT2D eigenvalue weighted by atomic mass is 9.92. The highest BCUT2D eigenvalue weighted by Crippen LogP contribution is 2.36. The predicted octanol–water partition coefficient (Wildman–Crippen LogP) is 2.34. The molecule has 3 rings (SSSR count). The van der Waals surface area contributed by atoms with Crippen molar-refractivity contribution < 1.29 is 23.8 Å². The summed E-state index contributed by atoms with van der Waals surface area (Å²) >= 11 is 0. The number of carbonyl (C=O) groups is 2. The molecule has 0 bridgehead atoms. The summed E-state index contributed by atoms with van der Waals surface area (Å²) in [5, 5.41) is 11.9. The fraction of sp³-hybridized carbons (Fsp3) is 0.450. The number of rotatable bonds is 5. The van der Waals surface area contributed by atoms with Gasteiger partial charge in [0.05, 0.1) is 18.4 Å². The van der Waals surface area contributed by atoms with Gasteiger partial charge in [0.1, 0.15) is 16.9 Å². The topological polar surface area (TPSA) is 106 Å². The molecule has 0 aliphatic carbocycles. The summed E-state index contributed by atoms with van der Waals surface area (Å²) in [4.78, 5) is 34.9. The van der Waals surface area contributed by atoms with Gasteiger partial charge in [0, 0.05) is 18.0 Å². The number of carboxylic acids is 1. The number of benzene rings is 1. The van der Waals surface area contributed by atoms with Crippen LogP contribution in [0.3, 0.4) is 0 Å². The van der Waals surface area contributed by atoms with Crippen molar-refractivity contribution in [2.24, 2.45) is 0 Å². The van der Waals surface area contributed by atoms with Crippen molar-refractivity contribution in [3.05, 3.63) is 39.2 Å². The summed E-state index contributed by atoms with van der Waals surface area (Å²) in [5.41, 5.74) is 1.64. The van der Waals surface area contributed by atoms with Gasteiger partial charge in [-0.05, 0) is 50.8 Å². The Labute approximate surface area is 156 Å². The highest BCUT2D eigenvalue weighted by molar-refractivity contribution is 5.86. The first-order valence-corrected chi connectivity index (χ1v) is 8.93. The standard InChI is InChI=1S/C20H23NO6/c1-11-13-8-12-4-6-20(2,3)27-15(12)10-16(13)26-19(25)14(11)9-17(22)21-7-5-18(23)24/h8,10H,4-7,9H2,1-3H3,(H,21,22)(H,23,24). The van der Waals surface area contributed by atoms with Crippen LogP contribution in [0.25, 0.3) is 11.0 Å². The van der Waals surface area contributed by atoms with Crippen molar-refractivity contribution in [3.8, 4) is 5.75 Å². The number of aliphatic carboxylic acids is 1. The summed E-state index contributed by atoms with van der Waals surface area (Å²) in [6.07, 6.45) is 1.44. The van der Waals surface area contributed by atoms with Crippen LogP contribution >= 0.6 is 0 Å². The lowest BCUT2D eigenvalue weighted by molar-refractivity contribution is -0.136. The van der Waals surface area contributed by atoms with Crippen LogP contribution in [0, 0.1) is 6.92 Å². The summed E-state index contributed by atoms with van der Waals surface area (Å²) in [6.45, 7) is 5.85. The van der Waals surface area contributed by atoms with Crippen LogP contribution in [0.15, 0.2) is 21.3 Å². The molecule has 7 heteroatoms. The summed E-state index contributed by atoms with van der Waals surface area (Å²) in [6, 6.07) is 3.71. The summed E-state index contributed by atoms with van der Waals surface area (Å²) < 4.78 is 11.4. The third-order valence-electron chi connectivity index (χ3n) is 4.85. The maximum Gasteiger partial charge on any atom is 0.340 e. The minimum Gasteiger partial charge on any atom is -0.487 e. The highest BCUT2D eigenvalue weighted by Gasteiger charge is 2.27. The molecule has 2 aromatic rings. The second kappa shape index (κ2) is 7.06. The van der Waals surface area contributed by atoms with E-state index < -0.39 is 17.5 Å². The van der Waals surface area contributed by atoms with Crippen LogP contribution in [0.4, 0.5) is 0 Å². The molecule has 0 fully saturated rings. The van der Waals surface area contributed by atoms with E-state index >= 15 is 0 Å². The number of carbonyl (C=O) groups excluding carboxylic acids is 1. The van der Waals surface area contributed by atoms with Crippen molar-refractivity contribution in [2.45, 2.75) is 52.1 Å². The van der Waals surface area contributed by atoms with Gasteiger partial charge in [-0.2, -0.15) is 0 Å². The van der Waals surface area contributed by atoms with Crippen molar-refractivity contribution in [1.29, 1.82) is 0 Å². The maximum absolute atomic E-state index is 12.4. The Morgan fingerprint density at radius 3 is 2.74 bits per heavy atom. The van der Waals surface area contributed by atoms with Gasteiger partial charge < -0.3 is 19.6 Å². The zero-order valence-electron chi connectivity index (χ0n) is 15.7. The Hall–Kier alpha value is -2.83. The minimum absolute atomic E-state index is 0.0206. The Balaban J connectivity index is 1.91. The van der Waals surface area contributed by atoms with E-state index in [0.29, 0.717) is 11.1 Å². The molecule has 1 aromatic carbocycles. The lowest BCUT2D eigenvalue weighted by Crippen LogP contribution is -2.32. The van der Waals surface area contributed by atoms with Crippen LogP contribution in [0.2, 0.25) is 0 Å². The van der Waals surface area contributed by atoms with Gasteiger partial charge in [0.15, 0.2) is 0 Å². The molecule has 0 atom stereocenters. The molecular formula is C20H23NO6. The van der Waals surface area contributed by atoms with Gasteiger partial charge in [-0.3, -0.25) is 9.59 Å². The molecule has 0 radical (unpaired) electrons. The molecule has 27 heavy (non-hydrogen) atoms. The van der Waals surface area contributed by atoms with Gasteiger partial charge in [0.25, 0.3) is 0 Å². The van der Waals surface area contributed by atoms with Gasteiger partial charge in [-0.25, -0.2) is 4.79 Å². The maximum atomic E-state index is 12.4. The van der Waals surface area contributed by atoms with Crippen molar-refractivity contribution in [3.63, 3.8) is 0 Å². The van der Waals surface area contributed by atoms with E-state index in [0.717, 1.165) is 29.5 Å². The first kappa shape index (κ1) is 18.9. The zero-order valence-corrected chi connectivity index (χ0v) is 15.7. The third kappa shape index (κ3) is 4.13. The third-order valence-corrected chi connectivity index (χ3v) is 4.85. The molecule has 2 N–H and O–H groups in total. The zero-order chi connectivity index (χ0) is 19.8. The van der Waals surface area contributed by atoms with Crippen molar-refractivity contribution in [1.82, 2.24) is 5.32 Å². The number of hydrogen-bond donors (Lipinski definition) is 2. The number of hydrogen-bond acceptors (Lipinski definition) is 5. The molecule has 1 aromatic heterocycles. The number of amides is 1. The quantitative estimate of drug-likeness (QED) is 0.779.